The van der Waals surface area contributed by atoms with Gasteiger partial charge < -0.3 is 19.4 Å². The van der Waals surface area contributed by atoms with Gasteiger partial charge in [0.15, 0.2) is 6.61 Å². The smallest absolute Gasteiger partial charge is 0.258 e. The Balaban J connectivity index is 1.55. The fourth-order valence-corrected chi connectivity index (χ4v) is 3.38. The Morgan fingerprint density at radius 1 is 1.19 bits per heavy atom. The Kier molecular flexibility index (Phi) is 6.93. The molecule has 0 bridgehead atoms. The fraction of sp³-hybridized carbons (Fsp3) is 0.450. The number of nitrogens with zero attached hydrogens (tertiary/aromatic N) is 2. The summed E-state index contributed by atoms with van der Waals surface area (Å²) in [6.07, 6.45) is 0. The van der Waals surface area contributed by atoms with Crippen LogP contribution in [0.2, 0.25) is 0 Å². The molecule has 6 nitrogen and oxygen atoms in total. The molecule has 1 N–H and O–H groups in total. The molecule has 1 aliphatic heterocycles. The van der Waals surface area contributed by atoms with Crippen LogP contribution in [0.25, 0.3) is 0 Å². The molecule has 1 aliphatic rings. The Morgan fingerprint density at radius 3 is 2.52 bits per heavy atom. The van der Waals surface area contributed by atoms with E-state index in [0.717, 1.165) is 42.2 Å². The molecule has 1 unspecified atom stereocenters. The molecular weight excluding hydrogens is 410 g/mol. The van der Waals surface area contributed by atoms with Crippen molar-refractivity contribution in [2.24, 2.45) is 0 Å². The highest BCUT2D eigenvalue weighted by Crippen LogP contribution is 2.23. The average molecular weight is 436 g/mol. The minimum absolute atomic E-state index is 0.00568. The number of hydrogen-bond acceptors (Lipinski definition) is 5. The number of hydrogen-bond donors (Lipinski definition) is 1. The van der Waals surface area contributed by atoms with Crippen LogP contribution in [-0.4, -0.2) is 62.1 Å². The van der Waals surface area contributed by atoms with Crippen LogP contribution in [-0.2, 0) is 4.79 Å². The zero-order valence-electron chi connectivity index (χ0n) is 15.8. The molecule has 1 aromatic carbocycles. The number of carbonyl (C=O) groups excluding carboxylic acids is 1. The molecule has 1 aromatic heterocycles. The first-order chi connectivity index (χ1) is 13.0. The van der Waals surface area contributed by atoms with Gasteiger partial charge in [-0.15, -0.1) is 0 Å². The molecular formula is C20H26BrN3O3. The number of ether oxygens (including phenoxy) is 1. The summed E-state index contributed by atoms with van der Waals surface area (Å²) in [4.78, 5) is 16.9. The summed E-state index contributed by atoms with van der Waals surface area (Å²) < 4.78 is 12.4. The molecule has 27 heavy (non-hydrogen) atoms. The average Bonchev–Trinajstić information content (AvgIpc) is 3.09. The van der Waals surface area contributed by atoms with Crippen LogP contribution < -0.4 is 10.1 Å². The lowest BCUT2D eigenvalue weighted by molar-refractivity contribution is -0.123. The molecule has 1 fully saturated rings. The molecule has 146 valence electrons. The first-order valence-corrected chi connectivity index (χ1v) is 9.94. The number of furan rings is 1. The van der Waals surface area contributed by atoms with Gasteiger partial charge in [-0.3, -0.25) is 9.69 Å². The Labute approximate surface area is 168 Å². The SMILES string of the molecule is Cc1ccc(C(CNC(=O)COc2ccc(Br)cc2)N2CCN(C)CC2)o1. The summed E-state index contributed by atoms with van der Waals surface area (Å²) in [7, 11) is 2.13. The van der Waals surface area contributed by atoms with Crippen LogP contribution in [0.4, 0.5) is 0 Å². The van der Waals surface area contributed by atoms with Crippen LogP contribution in [0.1, 0.15) is 17.6 Å². The van der Waals surface area contributed by atoms with Gasteiger partial charge in [0.05, 0.1) is 6.04 Å². The Hall–Kier alpha value is -1.83. The molecule has 3 rings (SSSR count). The van der Waals surface area contributed by atoms with Crippen molar-refractivity contribution >= 4 is 21.8 Å². The molecule has 1 amide bonds. The quantitative estimate of drug-likeness (QED) is 0.724. The van der Waals surface area contributed by atoms with E-state index in [-0.39, 0.29) is 18.6 Å². The lowest BCUT2D eigenvalue weighted by atomic mass is 10.1. The normalized spacial score (nSPS) is 16.9. The molecule has 0 saturated carbocycles. The van der Waals surface area contributed by atoms with E-state index in [9.17, 15) is 4.79 Å². The molecule has 2 heterocycles. The van der Waals surface area contributed by atoms with E-state index in [4.69, 9.17) is 9.15 Å². The third-order valence-corrected chi connectivity index (χ3v) is 5.27. The van der Waals surface area contributed by atoms with E-state index in [1.165, 1.54) is 0 Å². The van der Waals surface area contributed by atoms with Crippen molar-refractivity contribution in [2.75, 3.05) is 46.4 Å². The van der Waals surface area contributed by atoms with Crippen LogP contribution in [0.15, 0.2) is 45.3 Å². The van der Waals surface area contributed by atoms with Crippen LogP contribution in [0.3, 0.4) is 0 Å². The van der Waals surface area contributed by atoms with Gasteiger partial charge >= 0.3 is 0 Å². The molecule has 0 spiro atoms. The zero-order chi connectivity index (χ0) is 19.2. The maximum absolute atomic E-state index is 12.3. The highest BCUT2D eigenvalue weighted by Gasteiger charge is 2.26. The first kappa shape index (κ1) is 19.9. The minimum Gasteiger partial charge on any atom is -0.484 e. The van der Waals surface area contributed by atoms with E-state index in [0.29, 0.717) is 12.3 Å². The summed E-state index contributed by atoms with van der Waals surface area (Å²) in [6, 6.07) is 11.4. The summed E-state index contributed by atoms with van der Waals surface area (Å²) in [5, 5.41) is 2.99. The maximum atomic E-state index is 12.3. The minimum atomic E-state index is -0.139. The third kappa shape index (κ3) is 5.82. The zero-order valence-corrected chi connectivity index (χ0v) is 17.4. The van der Waals surface area contributed by atoms with Crippen molar-refractivity contribution in [2.45, 2.75) is 13.0 Å². The fourth-order valence-electron chi connectivity index (χ4n) is 3.12. The predicted octanol–water partition coefficient (Wildman–Crippen LogP) is 2.83. The van der Waals surface area contributed by atoms with Gasteiger partial charge in [0.25, 0.3) is 5.91 Å². The highest BCUT2D eigenvalue weighted by atomic mass is 79.9. The predicted molar refractivity (Wildman–Crippen MR) is 108 cm³/mol. The second kappa shape index (κ2) is 9.39. The number of carbonyl (C=O) groups is 1. The van der Waals surface area contributed by atoms with Crippen molar-refractivity contribution in [3.8, 4) is 5.75 Å². The lowest BCUT2D eigenvalue weighted by Gasteiger charge is -2.37. The van der Waals surface area contributed by atoms with Crippen molar-refractivity contribution in [1.82, 2.24) is 15.1 Å². The standard InChI is InChI=1S/C20H26BrN3O3/c1-15-3-8-19(27-15)18(24-11-9-23(2)10-12-24)13-22-20(25)14-26-17-6-4-16(21)5-7-17/h3-8,18H,9-14H2,1-2H3,(H,22,25). The van der Waals surface area contributed by atoms with E-state index in [2.05, 4.69) is 38.1 Å². The third-order valence-electron chi connectivity index (χ3n) is 4.74. The van der Waals surface area contributed by atoms with Gasteiger partial charge in [-0.1, -0.05) is 15.9 Å². The molecule has 1 atom stereocenters. The summed E-state index contributed by atoms with van der Waals surface area (Å²) in [5.41, 5.74) is 0. The number of halogens is 1. The van der Waals surface area contributed by atoms with Crippen molar-refractivity contribution in [1.29, 1.82) is 0 Å². The van der Waals surface area contributed by atoms with Gasteiger partial charge in [-0.05, 0) is 50.4 Å². The molecule has 1 saturated heterocycles. The molecule has 7 heteroatoms. The number of nitrogens with one attached hydrogen (secondary N) is 1. The monoisotopic (exact) mass is 435 g/mol. The molecule has 2 aromatic rings. The summed E-state index contributed by atoms with van der Waals surface area (Å²) in [6.45, 7) is 6.36. The molecule has 0 aliphatic carbocycles. The van der Waals surface area contributed by atoms with Gasteiger partial charge in [0.1, 0.15) is 17.3 Å². The number of amides is 1. The highest BCUT2D eigenvalue weighted by molar-refractivity contribution is 9.10. The maximum Gasteiger partial charge on any atom is 0.258 e. The van der Waals surface area contributed by atoms with E-state index in [1.807, 2.05) is 43.3 Å². The van der Waals surface area contributed by atoms with E-state index < -0.39 is 0 Å². The van der Waals surface area contributed by atoms with Gasteiger partial charge in [-0.2, -0.15) is 0 Å². The Bertz CT molecular complexity index is 739. The van der Waals surface area contributed by atoms with E-state index >= 15 is 0 Å². The van der Waals surface area contributed by atoms with E-state index in [1.54, 1.807) is 0 Å². The van der Waals surface area contributed by atoms with Crippen LogP contribution >= 0.6 is 15.9 Å². The van der Waals surface area contributed by atoms with Gasteiger partial charge in [-0.25, -0.2) is 0 Å². The topological polar surface area (TPSA) is 58.0 Å². The first-order valence-electron chi connectivity index (χ1n) is 9.15. The number of rotatable bonds is 7. The number of benzene rings is 1. The van der Waals surface area contributed by atoms with Crippen molar-refractivity contribution < 1.29 is 13.9 Å². The Morgan fingerprint density at radius 2 is 1.89 bits per heavy atom. The van der Waals surface area contributed by atoms with Crippen molar-refractivity contribution in [3.63, 3.8) is 0 Å². The molecule has 0 radical (unpaired) electrons. The van der Waals surface area contributed by atoms with Crippen LogP contribution in [0.5, 0.6) is 5.75 Å². The number of aryl methyl sites for hydroxylation is 1. The summed E-state index contributed by atoms with van der Waals surface area (Å²) in [5.74, 6) is 2.31. The van der Waals surface area contributed by atoms with Gasteiger partial charge in [0.2, 0.25) is 0 Å². The van der Waals surface area contributed by atoms with Crippen molar-refractivity contribution in [3.05, 3.63) is 52.4 Å². The number of piperazine rings is 1. The lowest BCUT2D eigenvalue weighted by Crippen LogP contribution is -2.48. The van der Waals surface area contributed by atoms with Crippen LogP contribution in [0, 0.1) is 6.92 Å². The van der Waals surface area contributed by atoms with Gasteiger partial charge in [0, 0.05) is 37.2 Å². The number of likely N-dealkylation sites (N-methyl/N-ethyl adjacent to an activating group) is 1. The summed E-state index contributed by atoms with van der Waals surface area (Å²) >= 11 is 3.38. The largest absolute Gasteiger partial charge is 0.484 e. The second-order valence-electron chi connectivity index (χ2n) is 6.85. The second-order valence-corrected chi connectivity index (χ2v) is 7.77.